The van der Waals surface area contributed by atoms with E-state index in [2.05, 4.69) is 36.3 Å². The molecule has 0 spiro atoms. The van der Waals surface area contributed by atoms with Gasteiger partial charge in [-0.1, -0.05) is 0 Å². The van der Waals surface area contributed by atoms with Crippen LogP contribution in [0.15, 0.2) is 10.2 Å². The summed E-state index contributed by atoms with van der Waals surface area (Å²) < 4.78 is 12.2. The fraction of sp³-hybridized carbons (Fsp3) is 0.850. The van der Waals surface area contributed by atoms with Crippen LogP contribution in [0.1, 0.15) is 80.1 Å². The molecular weight excluding hydrogens is 405 g/mol. The molecule has 0 saturated carbocycles. The third-order valence-electron chi connectivity index (χ3n) is 4.34. The van der Waals surface area contributed by atoms with E-state index in [-0.39, 0.29) is 11.6 Å². The second-order valence-electron chi connectivity index (χ2n) is 8.05. The number of carbonyl (C=O) groups is 1. The van der Waals surface area contributed by atoms with Crippen LogP contribution in [-0.2, 0) is 4.74 Å². The molecule has 4 heteroatoms. The van der Waals surface area contributed by atoms with Gasteiger partial charge in [0.25, 0.3) is 0 Å². The van der Waals surface area contributed by atoms with Crippen molar-refractivity contribution >= 4 is 24.5 Å². The van der Waals surface area contributed by atoms with Crippen molar-refractivity contribution in [3.05, 3.63) is 10.2 Å². The van der Waals surface area contributed by atoms with E-state index < -0.39 is 18.4 Å². The van der Waals surface area contributed by atoms with Gasteiger partial charge in [-0.15, -0.1) is 0 Å². The molecule has 0 aromatic carbocycles. The number of carbonyl (C=O) groups excluding carboxylic acids is 1. The summed E-state index contributed by atoms with van der Waals surface area (Å²) in [5, 5.41) is 2.84. The van der Waals surface area contributed by atoms with Gasteiger partial charge in [-0.25, -0.2) is 0 Å². The SMILES string of the molecule is CCC[CH2][Sn]([CH]=CCOC(=O)NC(C)(C)C)([CH2]CCC)[CH2]CCC. The van der Waals surface area contributed by atoms with Crippen molar-refractivity contribution in [2.24, 2.45) is 0 Å². The molecule has 0 bridgehead atoms. The van der Waals surface area contributed by atoms with Crippen molar-refractivity contribution in [2.45, 2.75) is 98.9 Å². The van der Waals surface area contributed by atoms with Gasteiger partial charge in [-0.05, 0) is 0 Å². The molecule has 0 rings (SSSR count). The standard InChI is InChI=1S/C8H14NO2.3C4H9.Sn/c1-5-6-11-7(10)9-8(2,3)4;3*1-3-4-2;/h1,5H,6H2,2-4H3,(H,9,10);3*1,3-4H2,2H3;. The van der Waals surface area contributed by atoms with Crippen molar-refractivity contribution < 1.29 is 9.53 Å². The van der Waals surface area contributed by atoms with Crippen LogP contribution in [0.4, 0.5) is 4.79 Å². The summed E-state index contributed by atoms with van der Waals surface area (Å²) in [7, 11) is 0. The molecular formula is C20H41NO2Sn. The Balaban J connectivity index is 4.71. The summed E-state index contributed by atoms with van der Waals surface area (Å²) in [6.07, 6.45) is 9.78. The van der Waals surface area contributed by atoms with Gasteiger partial charge in [0, 0.05) is 0 Å². The van der Waals surface area contributed by atoms with Gasteiger partial charge in [-0.3, -0.25) is 0 Å². The molecule has 0 aliphatic rings. The minimum atomic E-state index is -2.22. The van der Waals surface area contributed by atoms with E-state index in [1.165, 1.54) is 51.8 Å². The van der Waals surface area contributed by atoms with Crippen LogP contribution in [0.3, 0.4) is 0 Å². The van der Waals surface area contributed by atoms with E-state index in [4.69, 9.17) is 4.74 Å². The summed E-state index contributed by atoms with van der Waals surface area (Å²) in [6, 6.07) is 0. The van der Waals surface area contributed by atoms with Crippen LogP contribution < -0.4 is 5.32 Å². The minimum absolute atomic E-state index is 0.243. The van der Waals surface area contributed by atoms with Crippen molar-refractivity contribution in [1.29, 1.82) is 0 Å². The number of alkyl carbamates (subject to hydrolysis) is 1. The molecule has 0 unspecified atom stereocenters. The van der Waals surface area contributed by atoms with Crippen molar-refractivity contribution in [3.8, 4) is 0 Å². The number of unbranched alkanes of at least 4 members (excludes halogenated alkanes) is 3. The van der Waals surface area contributed by atoms with Crippen LogP contribution in [0, 0.1) is 0 Å². The number of amides is 1. The third-order valence-corrected chi connectivity index (χ3v) is 18.6. The normalized spacial score (nSPS) is 12.6. The predicted molar refractivity (Wildman–Crippen MR) is 108 cm³/mol. The average Bonchev–Trinajstić information content (AvgIpc) is 2.50. The number of hydrogen-bond acceptors (Lipinski definition) is 2. The van der Waals surface area contributed by atoms with Crippen LogP contribution >= 0.6 is 0 Å². The summed E-state index contributed by atoms with van der Waals surface area (Å²) in [5.41, 5.74) is -0.243. The van der Waals surface area contributed by atoms with Gasteiger partial charge in [0.15, 0.2) is 0 Å². The van der Waals surface area contributed by atoms with Gasteiger partial charge in [0.1, 0.15) is 0 Å². The van der Waals surface area contributed by atoms with E-state index in [9.17, 15) is 4.79 Å². The Morgan fingerprint density at radius 1 is 0.958 bits per heavy atom. The van der Waals surface area contributed by atoms with E-state index >= 15 is 0 Å². The van der Waals surface area contributed by atoms with Crippen LogP contribution in [0.5, 0.6) is 0 Å². The summed E-state index contributed by atoms with van der Waals surface area (Å²) in [5.74, 6) is 0. The fourth-order valence-electron chi connectivity index (χ4n) is 2.98. The van der Waals surface area contributed by atoms with E-state index in [0.717, 1.165) is 0 Å². The van der Waals surface area contributed by atoms with Gasteiger partial charge in [-0.2, -0.15) is 0 Å². The topological polar surface area (TPSA) is 38.3 Å². The Kier molecular flexibility index (Phi) is 13.0. The first-order valence-corrected chi connectivity index (χ1v) is 17.6. The quantitative estimate of drug-likeness (QED) is 0.350. The second-order valence-corrected chi connectivity index (χ2v) is 21.1. The summed E-state index contributed by atoms with van der Waals surface area (Å²) in [4.78, 5) is 11.7. The molecule has 0 aliphatic carbocycles. The summed E-state index contributed by atoms with van der Waals surface area (Å²) >= 11 is -2.22. The summed E-state index contributed by atoms with van der Waals surface area (Å²) in [6.45, 7) is 13.2. The molecule has 24 heavy (non-hydrogen) atoms. The van der Waals surface area contributed by atoms with E-state index in [0.29, 0.717) is 6.61 Å². The third kappa shape index (κ3) is 12.2. The number of hydrogen-bond donors (Lipinski definition) is 1. The van der Waals surface area contributed by atoms with Crippen molar-refractivity contribution in [3.63, 3.8) is 0 Å². The van der Waals surface area contributed by atoms with Gasteiger partial charge in [0.05, 0.1) is 0 Å². The van der Waals surface area contributed by atoms with Crippen LogP contribution in [0.25, 0.3) is 0 Å². The molecule has 1 amide bonds. The Morgan fingerprint density at radius 2 is 1.42 bits per heavy atom. The second kappa shape index (κ2) is 13.1. The van der Waals surface area contributed by atoms with Gasteiger partial charge >= 0.3 is 155 Å². The van der Waals surface area contributed by atoms with Crippen molar-refractivity contribution in [2.75, 3.05) is 6.61 Å². The zero-order chi connectivity index (χ0) is 18.5. The Bertz CT molecular complexity index is 339. The van der Waals surface area contributed by atoms with E-state index in [1.54, 1.807) is 0 Å². The average molecular weight is 446 g/mol. The maximum atomic E-state index is 11.7. The molecule has 0 heterocycles. The predicted octanol–water partition coefficient (Wildman–Crippen LogP) is 6.46. The molecule has 0 fully saturated rings. The monoisotopic (exact) mass is 447 g/mol. The van der Waals surface area contributed by atoms with Gasteiger partial charge in [0.2, 0.25) is 0 Å². The maximum absolute atomic E-state index is 11.7. The Labute approximate surface area is 154 Å². The van der Waals surface area contributed by atoms with Crippen molar-refractivity contribution in [1.82, 2.24) is 5.32 Å². The van der Waals surface area contributed by atoms with Gasteiger partial charge < -0.3 is 0 Å². The molecule has 0 atom stereocenters. The first-order chi connectivity index (χ1) is 11.3. The molecule has 142 valence electrons. The fourth-order valence-corrected chi connectivity index (χ4v) is 17.3. The number of nitrogens with one attached hydrogen (secondary N) is 1. The van der Waals surface area contributed by atoms with Crippen LogP contribution in [0.2, 0.25) is 13.3 Å². The first-order valence-electron chi connectivity index (χ1n) is 9.91. The Hall–Kier alpha value is -0.191. The Morgan fingerprint density at radius 3 is 1.79 bits per heavy atom. The number of rotatable bonds is 12. The molecule has 0 aliphatic heterocycles. The van der Waals surface area contributed by atoms with Crippen LogP contribution in [-0.4, -0.2) is 36.6 Å². The molecule has 0 radical (unpaired) electrons. The number of ether oxygens (including phenoxy) is 1. The molecule has 0 aromatic heterocycles. The van der Waals surface area contributed by atoms with E-state index in [1.807, 2.05) is 20.8 Å². The zero-order valence-corrected chi connectivity index (χ0v) is 19.9. The zero-order valence-electron chi connectivity index (χ0n) is 17.0. The molecule has 3 nitrogen and oxygen atoms in total. The molecule has 1 N–H and O–H groups in total. The molecule has 0 aromatic rings. The first kappa shape index (κ1) is 23.8. The molecule has 0 saturated heterocycles.